The van der Waals surface area contributed by atoms with Crippen molar-refractivity contribution in [1.29, 1.82) is 0 Å². The van der Waals surface area contributed by atoms with Gasteiger partial charge < -0.3 is 24.8 Å². The summed E-state index contributed by atoms with van der Waals surface area (Å²) in [5.41, 5.74) is 0.868. The highest BCUT2D eigenvalue weighted by Gasteiger charge is 2.32. The van der Waals surface area contributed by atoms with E-state index < -0.39 is 0 Å². The van der Waals surface area contributed by atoms with Crippen LogP contribution in [0.1, 0.15) is 26.3 Å². The minimum atomic E-state index is -0.229. The molecule has 1 aromatic carbocycles. The number of rotatable bonds is 4. The predicted molar refractivity (Wildman–Crippen MR) is 95.2 cm³/mol. The Balaban J connectivity index is 1.61. The molecule has 2 heterocycles. The Labute approximate surface area is 149 Å². The Morgan fingerprint density at radius 3 is 2.68 bits per heavy atom. The Hall–Kier alpha value is -1.95. The molecule has 1 saturated heterocycles. The summed E-state index contributed by atoms with van der Waals surface area (Å²) in [6.07, 6.45) is 0. The molecule has 0 bridgehead atoms. The van der Waals surface area contributed by atoms with Crippen molar-refractivity contribution in [3.8, 4) is 11.5 Å². The fourth-order valence-corrected chi connectivity index (χ4v) is 3.41. The van der Waals surface area contributed by atoms with Crippen LogP contribution in [0.15, 0.2) is 18.2 Å². The van der Waals surface area contributed by atoms with Gasteiger partial charge in [-0.25, -0.2) is 4.79 Å². The molecule has 3 rings (SSSR count). The van der Waals surface area contributed by atoms with Crippen LogP contribution in [0.2, 0.25) is 0 Å². The van der Waals surface area contributed by atoms with Gasteiger partial charge in [0, 0.05) is 37.6 Å². The van der Waals surface area contributed by atoms with E-state index in [9.17, 15) is 9.90 Å². The van der Waals surface area contributed by atoms with Crippen LogP contribution in [0.3, 0.4) is 0 Å². The quantitative estimate of drug-likeness (QED) is 0.873. The monoisotopic (exact) mass is 348 g/mol. The van der Waals surface area contributed by atoms with Crippen LogP contribution >= 0.6 is 0 Å². The van der Waals surface area contributed by atoms with Crippen LogP contribution in [0.25, 0.3) is 0 Å². The first-order valence-electron chi connectivity index (χ1n) is 8.94. The molecule has 25 heavy (non-hydrogen) atoms. The van der Waals surface area contributed by atoms with Gasteiger partial charge in [-0.15, -0.1) is 0 Å². The molecule has 2 N–H and O–H groups in total. The van der Waals surface area contributed by atoms with Gasteiger partial charge >= 0.3 is 6.03 Å². The Bertz CT molecular complexity index is 632. The molecule has 6 nitrogen and oxygen atoms in total. The maximum Gasteiger partial charge on any atom is 0.317 e. The van der Waals surface area contributed by atoms with E-state index in [1.165, 1.54) is 0 Å². The van der Waals surface area contributed by atoms with Gasteiger partial charge in [-0.3, -0.25) is 0 Å². The predicted octanol–water partition coefficient (Wildman–Crippen LogP) is 2.01. The number of aliphatic hydroxyl groups is 1. The third-order valence-electron chi connectivity index (χ3n) is 5.29. The van der Waals surface area contributed by atoms with Crippen LogP contribution in [0, 0.1) is 11.8 Å². The topological polar surface area (TPSA) is 71.0 Å². The number of benzene rings is 1. The first-order chi connectivity index (χ1) is 11.9. The highest BCUT2D eigenvalue weighted by atomic mass is 16.6. The van der Waals surface area contributed by atoms with Crippen LogP contribution in [-0.4, -0.2) is 55.5 Å². The van der Waals surface area contributed by atoms with Crippen LogP contribution in [0.5, 0.6) is 11.5 Å². The first-order valence-corrected chi connectivity index (χ1v) is 8.94. The first kappa shape index (κ1) is 17.9. The molecular weight excluding hydrogens is 320 g/mol. The lowest BCUT2D eigenvalue weighted by molar-refractivity contribution is 0.171. The number of nitrogens with one attached hydrogen (secondary N) is 1. The van der Waals surface area contributed by atoms with E-state index in [2.05, 4.69) is 26.1 Å². The number of likely N-dealkylation sites (tertiary alicyclic amines) is 1. The van der Waals surface area contributed by atoms with E-state index in [0.29, 0.717) is 38.8 Å². The van der Waals surface area contributed by atoms with Crippen molar-refractivity contribution in [2.24, 2.45) is 11.8 Å². The van der Waals surface area contributed by atoms with E-state index in [0.717, 1.165) is 17.1 Å². The Morgan fingerprint density at radius 2 is 2.00 bits per heavy atom. The molecule has 0 saturated carbocycles. The number of nitrogens with zero attached hydrogens (tertiary/aromatic N) is 1. The van der Waals surface area contributed by atoms with E-state index in [4.69, 9.17) is 9.47 Å². The Kier molecular flexibility index (Phi) is 5.08. The maximum absolute atomic E-state index is 12.5. The fraction of sp³-hybridized carbons (Fsp3) is 0.632. The molecule has 2 amide bonds. The van der Waals surface area contributed by atoms with Gasteiger partial charge in [-0.2, -0.15) is 0 Å². The van der Waals surface area contributed by atoms with Crippen molar-refractivity contribution in [1.82, 2.24) is 10.2 Å². The van der Waals surface area contributed by atoms with Gasteiger partial charge in [0.15, 0.2) is 11.5 Å². The van der Waals surface area contributed by atoms with Crippen molar-refractivity contribution >= 4 is 6.03 Å². The summed E-state index contributed by atoms with van der Waals surface area (Å²) in [4.78, 5) is 14.2. The number of aliphatic hydroxyl groups excluding tert-OH is 1. The summed E-state index contributed by atoms with van der Waals surface area (Å²) in [6.45, 7) is 9.39. The smallest absolute Gasteiger partial charge is 0.317 e. The van der Waals surface area contributed by atoms with Gasteiger partial charge in [0.2, 0.25) is 0 Å². The second-order valence-corrected chi connectivity index (χ2v) is 7.73. The third-order valence-corrected chi connectivity index (χ3v) is 5.29. The molecule has 0 aliphatic carbocycles. The van der Waals surface area contributed by atoms with Gasteiger partial charge in [-0.1, -0.05) is 26.8 Å². The molecule has 0 spiro atoms. The number of hydrogen-bond acceptors (Lipinski definition) is 4. The lowest BCUT2D eigenvalue weighted by atomic mass is 9.84. The normalized spacial score (nSPS) is 22.8. The number of urea groups is 1. The minimum absolute atomic E-state index is 0.0616. The molecule has 2 atom stereocenters. The van der Waals surface area contributed by atoms with Crippen molar-refractivity contribution in [2.45, 2.75) is 26.2 Å². The second kappa shape index (κ2) is 7.12. The zero-order chi connectivity index (χ0) is 18.0. The standard InChI is InChI=1S/C19H28N2O4/c1-13-9-21(10-14(13)11-22)18(23)20-12-19(2,3)15-4-5-16-17(8-15)25-7-6-24-16/h4-5,8,13-14,22H,6-7,9-12H2,1-3H3,(H,20,23)/t13-,14+/m1/s1. The van der Waals surface area contributed by atoms with Gasteiger partial charge in [0.05, 0.1) is 0 Å². The molecule has 1 fully saturated rings. The average molecular weight is 348 g/mol. The zero-order valence-corrected chi connectivity index (χ0v) is 15.2. The van der Waals surface area contributed by atoms with Crippen molar-refractivity contribution < 1.29 is 19.4 Å². The van der Waals surface area contributed by atoms with Crippen LogP contribution < -0.4 is 14.8 Å². The van der Waals surface area contributed by atoms with Gasteiger partial charge in [-0.05, 0) is 23.6 Å². The summed E-state index contributed by atoms with van der Waals surface area (Å²) >= 11 is 0. The third kappa shape index (κ3) is 3.84. The summed E-state index contributed by atoms with van der Waals surface area (Å²) in [7, 11) is 0. The molecule has 1 aromatic rings. The van der Waals surface area contributed by atoms with Crippen molar-refractivity contribution in [3.63, 3.8) is 0 Å². The summed E-state index contributed by atoms with van der Waals surface area (Å²) in [5.74, 6) is 2.05. The molecular formula is C19H28N2O4. The fourth-order valence-electron chi connectivity index (χ4n) is 3.41. The maximum atomic E-state index is 12.5. The number of ether oxygens (including phenoxy) is 2. The lowest BCUT2D eigenvalue weighted by Gasteiger charge is -2.29. The van der Waals surface area contributed by atoms with Crippen molar-refractivity contribution in [3.05, 3.63) is 23.8 Å². The molecule has 2 aliphatic heterocycles. The molecule has 2 aliphatic rings. The molecule has 0 aromatic heterocycles. The minimum Gasteiger partial charge on any atom is -0.486 e. The van der Waals surface area contributed by atoms with E-state index in [1.54, 1.807) is 4.90 Å². The summed E-state index contributed by atoms with van der Waals surface area (Å²) in [6, 6.07) is 5.90. The van der Waals surface area contributed by atoms with E-state index >= 15 is 0 Å². The molecule has 0 unspecified atom stereocenters. The molecule has 138 valence electrons. The van der Waals surface area contributed by atoms with Gasteiger partial charge in [0.1, 0.15) is 13.2 Å². The lowest BCUT2D eigenvalue weighted by Crippen LogP contribution is -2.44. The number of fused-ring (bicyclic) bond motifs is 1. The number of carbonyl (C=O) groups is 1. The van der Waals surface area contributed by atoms with Crippen LogP contribution in [-0.2, 0) is 5.41 Å². The van der Waals surface area contributed by atoms with E-state index in [1.807, 2.05) is 18.2 Å². The molecule has 6 heteroatoms. The Morgan fingerprint density at radius 1 is 1.28 bits per heavy atom. The molecule has 0 radical (unpaired) electrons. The highest BCUT2D eigenvalue weighted by Crippen LogP contribution is 2.35. The van der Waals surface area contributed by atoms with Crippen molar-refractivity contribution in [2.75, 3.05) is 39.5 Å². The van der Waals surface area contributed by atoms with Crippen LogP contribution in [0.4, 0.5) is 4.79 Å². The SMILES string of the molecule is C[C@@H]1CN(C(=O)NCC(C)(C)c2ccc3c(c2)OCCO3)C[C@H]1CO. The van der Waals surface area contributed by atoms with E-state index in [-0.39, 0.29) is 24.0 Å². The van der Waals surface area contributed by atoms with Gasteiger partial charge in [0.25, 0.3) is 0 Å². The summed E-state index contributed by atoms with van der Waals surface area (Å²) < 4.78 is 11.2. The highest BCUT2D eigenvalue weighted by molar-refractivity contribution is 5.74. The second-order valence-electron chi connectivity index (χ2n) is 7.73. The summed E-state index contributed by atoms with van der Waals surface area (Å²) in [5, 5.41) is 12.4. The largest absolute Gasteiger partial charge is 0.486 e. The number of hydrogen-bond donors (Lipinski definition) is 2. The number of carbonyl (C=O) groups excluding carboxylic acids is 1. The number of amides is 2. The average Bonchev–Trinajstić information content (AvgIpc) is 3.00. The zero-order valence-electron chi connectivity index (χ0n) is 15.2.